The largest absolute Gasteiger partial charge is 0.573 e. The lowest BCUT2D eigenvalue weighted by Gasteiger charge is -2.22. The number of rotatable bonds is 5. The van der Waals surface area contributed by atoms with Crippen molar-refractivity contribution in [2.24, 2.45) is 0 Å². The van der Waals surface area contributed by atoms with Crippen LogP contribution in [0.15, 0.2) is 76.0 Å². The lowest BCUT2D eigenvalue weighted by atomic mass is 10.0. The second kappa shape index (κ2) is 8.59. The summed E-state index contributed by atoms with van der Waals surface area (Å²) in [5.74, 6) is -1.66. The highest BCUT2D eigenvalue weighted by Gasteiger charge is 2.37. The highest BCUT2D eigenvalue weighted by atomic mass is 32.2. The minimum atomic E-state index is -4.95. The zero-order valence-corrected chi connectivity index (χ0v) is 18.7. The average Bonchev–Trinajstić information content (AvgIpc) is 3.42. The van der Waals surface area contributed by atoms with Gasteiger partial charge in [0.25, 0.3) is 15.9 Å². The predicted octanol–water partition coefficient (Wildman–Crippen LogP) is 5.95. The lowest BCUT2D eigenvalue weighted by molar-refractivity contribution is -0.274. The van der Waals surface area contributed by atoms with Gasteiger partial charge in [-0.3, -0.25) is 4.31 Å². The zero-order valence-electron chi connectivity index (χ0n) is 17.9. The van der Waals surface area contributed by atoms with Gasteiger partial charge in [-0.05, 0) is 29.8 Å². The van der Waals surface area contributed by atoms with E-state index in [1.165, 1.54) is 48.5 Å². The number of sulfonamides is 1. The highest BCUT2D eigenvalue weighted by molar-refractivity contribution is 7.93. The van der Waals surface area contributed by atoms with Crippen LogP contribution >= 0.6 is 0 Å². The van der Waals surface area contributed by atoms with Crippen LogP contribution in [0.1, 0.15) is 17.9 Å². The second-order valence-electron chi connectivity index (χ2n) is 7.64. The summed E-state index contributed by atoms with van der Waals surface area (Å²) in [6.07, 6.45) is -7.93. The van der Waals surface area contributed by atoms with Gasteiger partial charge in [0.1, 0.15) is 5.75 Å². The number of benzene rings is 3. The van der Waals surface area contributed by atoms with Gasteiger partial charge in [0.05, 0.1) is 17.1 Å². The fraction of sp³-hybridized carbons (Fsp3) is 0.130. The van der Waals surface area contributed by atoms with Crippen LogP contribution in [0.4, 0.5) is 27.6 Å². The number of aromatic nitrogens is 2. The first kappa shape index (κ1) is 23.7. The van der Waals surface area contributed by atoms with Crippen LogP contribution in [0.5, 0.6) is 5.75 Å². The van der Waals surface area contributed by atoms with E-state index in [0.29, 0.717) is 5.56 Å². The molecule has 3 aromatic carbocycles. The van der Waals surface area contributed by atoms with Crippen LogP contribution in [0, 0.1) is 0 Å². The van der Waals surface area contributed by atoms with Crippen molar-refractivity contribution in [2.45, 2.75) is 24.2 Å². The van der Waals surface area contributed by atoms with Crippen molar-refractivity contribution in [1.29, 1.82) is 0 Å². The minimum absolute atomic E-state index is 0.0441. The summed E-state index contributed by atoms with van der Waals surface area (Å²) in [5, 5.41) is 6.78. The van der Waals surface area contributed by atoms with Gasteiger partial charge >= 0.3 is 12.8 Å². The quantitative estimate of drug-likeness (QED) is 0.301. The zero-order chi connectivity index (χ0) is 25.7. The molecule has 0 bridgehead atoms. The summed E-state index contributed by atoms with van der Waals surface area (Å²) in [4.78, 5) is -0.119. The smallest absolute Gasteiger partial charge is 0.415 e. The van der Waals surface area contributed by atoms with E-state index in [1.54, 1.807) is 12.1 Å². The molecule has 0 atom stereocenters. The van der Waals surface area contributed by atoms with E-state index in [1.807, 2.05) is 0 Å². The molecule has 36 heavy (non-hydrogen) atoms. The molecule has 1 aromatic heterocycles. The Kier molecular flexibility index (Phi) is 5.66. The molecular formula is C23H14F5N3O4S. The van der Waals surface area contributed by atoms with Crippen molar-refractivity contribution in [3.05, 3.63) is 78.2 Å². The SMILES string of the molecule is O=S1(=O)c2cc(-c3nnc(C(F)F)o3)ccc2CN1c1ccccc1-c1ccccc1OC(F)(F)F. The monoisotopic (exact) mass is 523 g/mol. The Morgan fingerprint density at radius 2 is 1.64 bits per heavy atom. The molecule has 0 saturated heterocycles. The molecule has 5 rings (SSSR count). The molecule has 0 N–H and O–H groups in total. The summed E-state index contributed by atoms with van der Waals surface area (Å²) < 4.78 is 102. The molecule has 4 aromatic rings. The van der Waals surface area contributed by atoms with Gasteiger partial charge < -0.3 is 9.15 Å². The van der Waals surface area contributed by atoms with Gasteiger partial charge in [-0.1, -0.05) is 42.5 Å². The van der Waals surface area contributed by atoms with Crippen LogP contribution in [0.25, 0.3) is 22.6 Å². The van der Waals surface area contributed by atoms with Crippen molar-refractivity contribution in [1.82, 2.24) is 10.2 Å². The predicted molar refractivity (Wildman–Crippen MR) is 117 cm³/mol. The molecule has 0 aliphatic carbocycles. The normalized spacial score (nSPS) is 14.8. The number of hydrogen-bond acceptors (Lipinski definition) is 6. The lowest BCUT2D eigenvalue weighted by Crippen LogP contribution is -2.24. The third-order valence-corrected chi connectivity index (χ3v) is 7.24. The van der Waals surface area contributed by atoms with Crippen LogP contribution in [-0.2, 0) is 16.6 Å². The molecular weight excluding hydrogens is 509 g/mol. The van der Waals surface area contributed by atoms with Gasteiger partial charge in [0, 0.05) is 16.7 Å². The van der Waals surface area contributed by atoms with E-state index in [9.17, 15) is 30.4 Å². The number of anilines is 1. The molecule has 0 spiro atoms. The van der Waals surface area contributed by atoms with Crippen molar-refractivity contribution in [2.75, 3.05) is 4.31 Å². The van der Waals surface area contributed by atoms with Crippen LogP contribution in [0.3, 0.4) is 0 Å². The van der Waals surface area contributed by atoms with E-state index in [4.69, 9.17) is 4.42 Å². The fourth-order valence-electron chi connectivity index (χ4n) is 3.89. The van der Waals surface area contributed by atoms with Crippen LogP contribution < -0.4 is 9.04 Å². The van der Waals surface area contributed by atoms with Crippen LogP contribution in [-0.4, -0.2) is 25.0 Å². The van der Waals surface area contributed by atoms with E-state index in [0.717, 1.165) is 10.4 Å². The fourth-order valence-corrected chi connectivity index (χ4v) is 5.60. The van der Waals surface area contributed by atoms with E-state index in [2.05, 4.69) is 14.9 Å². The molecule has 186 valence electrons. The number of nitrogens with zero attached hydrogens (tertiary/aromatic N) is 3. The first-order valence-corrected chi connectivity index (χ1v) is 11.7. The number of alkyl halides is 5. The Morgan fingerprint density at radius 3 is 2.33 bits per heavy atom. The Bertz CT molecular complexity index is 1550. The third-order valence-electron chi connectivity index (χ3n) is 5.40. The van der Waals surface area contributed by atoms with Gasteiger partial charge in [-0.2, -0.15) is 8.78 Å². The van der Waals surface area contributed by atoms with Crippen molar-refractivity contribution < 1.29 is 39.5 Å². The average molecular weight is 523 g/mol. The first-order valence-electron chi connectivity index (χ1n) is 10.3. The maximum absolute atomic E-state index is 13.5. The summed E-state index contributed by atoms with van der Waals surface area (Å²) in [6, 6.07) is 15.7. The Labute approximate surface area is 200 Å². The molecule has 7 nitrogen and oxygen atoms in total. The Balaban J connectivity index is 1.56. The first-order chi connectivity index (χ1) is 17.0. The second-order valence-corrected chi connectivity index (χ2v) is 9.47. The number of halogens is 5. The molecule has 2 heterocycles. The number of para-hydroxylation sites is 2. The maximum Gasteiger partial charge on any atom is 0.573 e. The molecule has 0 radical (unpaired) electrons. The Morgan fingerprint density at radius 1 is 0.944 bits per heavy atom. The van der Waals surface area contributed by atoms with Gasteiger partial charge in [0.2, 0.25) is 5.89 Å². The highest BCUT2D eigenvalue weighted by Crippen LogP contribution is 2.43. The van der Waals surface area contributed by atoms with E-state index in [-0.39, 0.29) is 39.7 Å². The molecule has 0 unspecified atom stereocenters. The maximum atomic E-state index is 13.5. The molecule has 1 aliphatic heterocycles. The minimum Gasteiger partial charge on any atom is -0.415 e. The summed E-state index contributed by atoms with van der Waals surface area (Å²) >= 11 is 0. The number of ether oxygens (including phenoxy) is 1. The molecule has 13 heteroatoms. The van der Waals surface area contributed by atoms with Gasteiger partial charge in [-0.15, -0.1) is 23.4 Å². The van der Waals surface area contributed by atoms with Crippen LogP contribution in [0.2, 0.25) is 0 Å². The third kappa shape index (κ3) is 4.26. The number of fused-ring (bicyclic) bond motifs is 1. The van der Waals surface area contributed by atoms with Gasteiger partial charge in [0.15, 0.2) is 0 Å². The van der Waals surface area contributed by atoms with E-state index < -0.39 is 34.5 Å². The molecule has 1 aliphatic rings. The number of hydrogen-bond donors (Lipinski definition) is 0. The summed E-state index contributed by atoms with van der Waals surface area (Å²) in [7, 11) is -4.19. The van der Waals surface area contributed by atoms with Gasteiger partial charge in [-0.25, -0.2) is 8.42 Å². The molecule has 0 amide bonds. The summed E-state index contributed by atoms with van der Waals surface area (Å²) in [6.45, 7) is -0.108. The van der Waals surface area contributed by atoms with Crippen molar-refractivity contribution in [3.8, 4) is 28.3 Å². The topological polar surface area (TPSA) is 85.5 Å². The molecule has 0 fully saturated rings. The summed E-state index contributed by atoms with van der Waals surface area (Å²) in [5.41, 5.74) is 0.888. The van der Waals surface area contributed by atoms with E-state index >= 15 is 0 Å². The standard InChI is InChI=1S/C23H14F5N3O4S/c24-20(25)22-30-29-21(34-22)13-9-10-14-12-31(36(32,33)19(14)11-13)17-7-3-1-5-15(17)16-6-2-4-8-18(16)35-23(26,27)28/h1-11,20H,12H2. The molecule has 0 saturated carbocycles. The van der Waals surface area contributed by atoms with Crippen molar-refractivity contribution >= 4 is 15.7 Å². The Hall–Kier alpha value is -4.00. The van der Waals surface area contributed by atoms with Crippen molar-refractivity contribution in [3.63, 3.8) is 0 Å².